The van der Waals surface area contributed by atoms with Crippen LogP contribution in [0.3, 0.4) is 0 Å². The van der Waals surface area contributed by atoms with E-state index in [1.807, 2.05) is 0 Å². The molecule has 0 radical (unpaired) electrons. The third kappa shape index (κ3) is 5.32. The first-order valence-electron chi connectivity index (χ1n) is 5.82. The first-order valence-corrected chi connectivity index (χ1v) is 6.62. The summed E-state index contributed by atoms with van der Waals surface area (Å²) in [5.74, 6) is -0.00671. The predicted molar refractivity (Wildman–Crippen MR) is 70.7 cm³/mol. The zero-order chi connectivity index (χ0) is 12.7. The van der Waals surface area contributed by atoms with Gasteiger partial charge in [0.25, 0.3) is 0 Å². The minimum Gasteiger partial charge on any atom is -0.353 e. The molecule has 1 aromatic rings. The van der Waals surface area contributed by atoms with Crippen LogP contribution in [0.4, 0.5) is 0 Å². The van der Waals surface area contributed by atoms with E-state index in [0.29, 0.717) is 6.54 Å². The second-order valence-corrected chi connectivity index (χ2v) is 4.65. The van der Waals surface area contributed by atoms with E-state index in [-0.39, 0.29) is 12.5 Å². The van der Waals surface area contributed by atoms with Gasteiger partial charge in [0.05, 0.1) is 10.7 Å². The van der Waals surface area contributed by atoms with E-state index >= 15 is 0 Å². The number of hydrogen-bond acceptors (Lipinski definition) is 3. The highest BCUT2D eigenvalue weighted by atomic mass is 79.9. The Morgan fingerprint density at radius 2 is 2.24 bits per heavy atom. The first kappa shape index (κ1) is 14.2. The number of nitrogens with zero attached hydrogens (tertiary/aromatic N) is 3. The summed E-state index contributed by atoms with van der Waals surface area (Å²) in [6, 6.07) is 0. The molecular weight excluding hydrogens is 284 g/mol. The van der Waals surface area contributed by atoms with Crippen molar-refractivity contribution >= 4 is 21.8 Å². The molecule has 1 amide bonds. The third-order valence-corrected chi connectivity index (χ3v) is 2.96. The van der Waals surface area contributed by atoms with Crippen molar-refractivity contribution < 1.29 is 4.79 Å². The number of likely N-dealkylation sites (N-methyl/N-ethyl adjacent to an activating group) is 1. The van der Waals surface area contributed by atoms with Crippen molar-refractivity contribution in [3.8, 4) is 0 Å². The molecule has 0 aliphatic rings. The minimum atomic E-state index is -0.00671. The van der Waals surface area contributed by atoms with Crippen molar-refractivity contribution in [2.24, 2.45) is 0 Å². The van der Waals surface area contributed by atoms with Gasteiger partial charge >= 0.3 is 0 Å². The summed E-state index contributed by atoms with van der Waals surface area (Å²) < 4.78 is 2.49. The Bertz CT molecular complexity index is 349. The first-order chi connectivity index (χ1) is 8.15. The number of nitrogens with one attached hydrogen (secondary N) is 1. The van der Waals surface area contributed by atoms with Gasteiger partial charge in [-0.25, -0.2) is 0 Å². The van der Waals surface area contributed by atoms with Gasteiger partial charge in [-0.3, -0.25) is 9.48 Å². The van der Waals surface area contributed by atoms with Crippen LogP contribution in [0, 0.1) is 0 Å². The van der Waals surface area contributed by atoms with Crippen molar-refractivity contribution in [1.82, 2.24) is 20.0 Å². The zero-order valence-corrected chi connectivity index (χ0v) is 11.9. The molecule has 0 aromatic carbocycles. The SMILES string of the molecule is CCN(CC)CCNC(=O)Cn1cc(Br)cn1. The van der Waals surface area contributed by atoms with Gasteiger partial charge in [0, 0.05) is 19.3 Å². The Balaban J connectivity index is 2.21. The predicted octanol–water partition coefficient (Wildman–Crippen LogP) is 1.10. The van der Waals surface area contributed by atoms with E-state index in [4.69, 9.17) is 0 Å². The van der Waals surface area contributed by atoms with Gasteiger partial charge in [-0.15, -0.1) is 0 Å². The highest BCUT2D eigenvalue weighted by Crippen LogP contribution is 2.05. The molecule has 0 aliphatic carbocycles. The summed E-state index contributed by atoms with van der Waals surface area (Å²) in [6.45, 7) is 8.10. The molecule has 0 atom stereocenters. The average molecular weight is 303 g/mol. The normalized spacial score (nSPS) is 10.8. The van der Waals surface area contributed by atoms with Gasteiger partial charge in [0.2, 0.25) is 5.91 Å². The summed E-state index contributed by atoms with van der Waals surface area (Å²) in [5, 5.41) is 6.91. The molecule has 1 aromatic heterocycles. The summed E-state index contributed by atoms with van der Waals surface area (Å²) in [7, 11) is 0. The molecule has 0 saturated carbocycles. The van der Waals surface area contributed by atoms with Crippen LogP contribution in [0.2, 0.25) is 0 Å². The van der Waals surface area contributed by atoms with Crippen LogP contribution in [0.5, 0.6) is 0 Å². The van der Waals surface area contributed by atoms with Crippen LogP contribution >= 0.6 is 15.9 Å². The van der Waals surface area contributed by atoms with E-state index in [1.165, 1.54) is 0 Å². The van der Waals surface area contributed by atoms with Crippen LogP contribution in [-0.4, -0.2) is 46.8 Å². The maximum atomic E-state index is 11.6. The van der Waals surface area contributed by atoms with Crippen molar-refractivity contribution in [1.29, 1.82) is 0 Å². The van der Waals surface area contributed by atoms with Crippen LogP contribution in [-0.2, 0) is 11.3 Å². The Kier molecular flexibility index (Phi) is 6.21. The molecule has 0 bridgehead atoms. The highest BCUT2D eigenvalue weighted by molar-refractivity contribution is 9.10. The lowest BCUT2D eigenvalue weighted by Crippen LogP contribution is -2.36. The standard InChI is InChI=1S/C11H19BrN4O/c1-3-15(4-2)6-5-13-11(17)9-16-8-10(12)7-14-16/h7-8H,3-6,9H2,1-2H3,(H,13,17). The molecule has 96 valence electrons. The lowest BCUT2D eigenvalue weighted by molar-refractivity contribution is -0.121. The fourth-order valence-electron chi connectivity index (χ4n) is 1.52. The van der Waals surface area contributed by atoms with E-state index in [1.54, 1.807) is 17.1 Å². The van der Waals surface area contributed by atoms with E-state index in [9.17, 15) is 4.79 Å². The largest absolute Gasteiger partial charge is 0.353 e. The summed E-state index contributed by atoms with van der Waals surface area (Å²) >= 11 is 3.29. The number of aromatic nitrogens is 2. The second-order valence-electron chi connectivity index (χ2n) is 3.73. The van der Waals surface area contributed by atoms with Crippen molar-refractivity contribution in [3.05, 3.63) is 16.9 Å². The molecule has 5 nitrogen and oxygen atoms in total. The lowest BCUT2D eigenvalue weighted by Gasteiger charge is -2.17. The van der Waals surface area contributed by atoms with Gasteiger partial charge in [0.15, 0.2) is 0 Å². The second kappa shape index (κ2) is 7.45. The Hall–Kier alpha value is -0.880. The smallest absolute Gasteiger partial charge is 0.241 e. The van der Waals surface area contributed by atoms with Gasteiger partial charge in [-0.1, -0.05) is 13.8 Å². The quantitative estimate of drug-likeness (QED) is 0.821. The van der Waals surface area contributed by atoms with E-state index in [2.05, 4.69) is 45.1 Å². The zero-order valence-electron chi connectivity index (χ0n) is 10.3. The van der Waals surface area contributed by atoms with Gasteiger partial charge in [0.1, 0.15) is 6.54 Å². The molecule has 1 heterocycles. The molecular formula is C11H19BrN4O. The minimum absolute atomic E-state index is 0.00671. The van der Waals surface area contributed by atoms with Gasteiger partial charge in [-0.05, 0) is 29.0 Å². The fourth-order valence-corrected chi connectivity index (χ4v) is 1.85. The van der Waals surface area contributed by atoms with Crippen LogP contribution in [0.25, 0.3) is 0 Å². The molecule has 1 rings (SSSR count). The van der Waals surface area contributed by atoms with Gasteiger partial charge in [-0.2, -0.15) is 5.10 Å². The van der Waals surface area contributed by atoms with E-state index < -0.39 is 0 Å². The Morgan fingerprint density at radius 1 is 1.53 bits per heavy atom. The Labute approximate surface area is 110 Å². The molecule has 0 fully saturated rings. The molecule has 0 spiro atoms. The van der Waals surface area contributed by atoms with Gasteiger partial charge < -0.3 is 10.2 Å². The summed E-state index contributed by atoms with van der Waals surface area (Å²) in [4.78, 5) is 13.8. The third-order valence-electron chi connectivity index (χ3n) is 2.55. The van der Waals surface area contributed by atoms with Crippen molar-refractivity contribution in [2.45, 2.75) is 20.4 Å². The fraction of sp³-hybridized carbons (Fsp3) is 0.636. The number of hydrogen-bond donors (Lipinski definition) is 1. The number of carbonyl (C=O) groups excluding carboxylic acids is 1. The summed E-state index contributed by atoms with van der Waals surface area (Å²) in [6.07, 6.45) is 3.45. The summed E-state index contributed by atoms with van der Waals surface area (Å²) in [5.41, 5.74) is 0. The Morgan fingerprint density at radius 3 is 2.76 bits per heavy atom. The molecule has 0 saturated heterocycles. The topological polar surface area (TPSA) is 50.2 Å². The number of amides is 1. The molecule has 17 heavy (non-hydrogen) atoms. The highest BCUT2D eigenvalue weighted by Gasteiger charge is 2.04. The number of halogens is 1. The maximum absolute atomic E-state index is 11.6. The maximum Gasteiger partial charge on any atom is 0.241 e. The van der Waals surface area contributed by atoms with Crippen molar-refractivity contribution in [2.75, 3.05) is 26.2 Å². The monoisotopic (exact) mass is 302 g/mol. The lowest BCUT2D eigenvalue weighted by atomic mass is 10.4. The average Bonchev–Trinajstić information content (AvgIpc) is 2.70. The van der Waals surface area contributed by atoms with Crippen LogP contribution < -0.4 is 5.32 Å². The van der Waals surface area contributed by atoms with Crippen LogP contribution in [0.1, 0.15) is 13.8 Å². The molecule has 0 aliphatic heterocycles. The molecule has 1 N–H and O–H groups in total. The molecule has 0 unspecified atom stereocenters. The number of rotatable bonds is 7. The molecule has 6 heteroatoms. The van der Waals surface area contributed by atoms with Crippen LogP contribution in [0.15, 0.2) is 16.9 Å². The van der Waals surface area contributed by atoms with E-state index in [0.717, 1.165) is 24.1 Å². The van der Waals surface area contributed by atoms with Crippen molar-refractivity contribution in [3.63, 3.8) is 0 Å². The number of carbonyl (C=O) groups is 1.